The molecule has 1 aromatic carbocycles. The van der Waals surface area contributed by atoms with Crippen LogP contribution in [0.3, 0.4) is 0 Å². The molecule has 0 amide bonds. The summed E-state index contributed by atoms with van der Waals surface area (Å²) in [7, 11) is -2.09. The van der Waals surface area contributed by atoms with Crippen molar-refractivity contribution in [3.63, 3.8) is 0 Å². The van der Waals surface area contributed by atoms with Crippen molar-refractivity contribution in [1.82, 2.24) is 0 Å². The highest BCUT2D eigenvalue weighted by Crippen LogP contribution is 2.48. The van der Waals surface area contributed by atoms with Gasteiger partial charge in [0, 0.05) is 12.5 Å². The van der Waals surface area contributed by atoms with Crippen LogP contribution in [0.1, 0.15) is 46.6 Å². The van der Waals surface area contributed by atoms with E-state index < -0.39 is 38.1 Å². The van der Waals surface area contributed by atoms with Gasteiger partial charge in [0.1, 0.15) is 6.10 Å². The third-order valence-electron chi connectivity index (χ3n) is 6.96. The van der Waals surface area contributed by atoms with E-state index in [-0.39, 0.29) is 17.2 Å². The van der Waals surface area contributed by atoms with Crippen LogP contribution in [0.15, 0.2) is 48.6 Å². The maximum atomic E-state index is 12.8. The van der Waals surface area contributed by atoms with E-state index in [1.54, 1.807) is 12.2 Å². The lowest BCUT2D eigenvalue weighted by Gasteiger charge is -2.41. The van der Waals surface area contributed by atoms with E-state index in [9.17, 15) is 4.79 Å². The van der Waals surface area contributed by atoms with Crippen molar-refractivity contribution in [3.05, 3.63) is 54.1 Å². The molecular formula is C26H36O6Si. The Morgan fingerprint density at radius 2 is 1.82 bits per heavy atom. The van der Waals surface area contributed by atoms with Crippen molar-refractivity contribution < 1.29 is 28.2 Å². The SMILES string of the molecule is CC1(C)O[C@H]2[C@@H](O[Si](C)(C)C(C)(C)C)C[C@@H]3C=C[C@@](OC(=O)/C=C/c4ccccc4)(O3)[C@H]2O1. The molecule has 0 aliphatic carbocycles. The van der Waals surface area contributed by atoms with Gasteiger partial charge in [0.2, 0.25) is 0 Å². The third kappa shape index (κ3) is 5.03. The number of carbonyl (C=O) groups excluding carboxylic acids is 1. The van der Waals surface area contributed by atoms with E-state index in [0.29, 0.717) is 6.42 Å². The Morgan fingerprint density at radius 1 is 1.12 bits per heavy atom. The zero-order valence-electron chi connectivity index (χ0n) is 20.7. The number of benzene rings is 1. The van der Waals surface area contributed by atoms with Crippen LogP contribution >= 0.6 is 0 Å². The fraction of sp³-hybridized carbons (Fsp3) is 0.577. The minimum Gasteiger partial charge on any atom is -0.423 e. The van der Waals surface area contributed by atoms with Crippen molar-refractivity contribution in [3.8, 4) is 0 Å². The van der Waals surface area contributed by atoms with Gasteiger partial charge in [0.25, 0.3) is 5.79 Å². The van der Waals surface area contributed by atoms with Crippen LogP contribution in [-0.4, -0.2) is 50.3 Å². The molecule has 0 aromatic heterocycles. The van der Waals surface area contributed by atoms with Crippen LogP contribution in [0.5, 0.6) is 0 Å². The molecule has 2 fully saturated rings. The van der Waals surface area contributed by atoms with Crippen molar-refractivity contribution >= 4 is 20.4 Å². The van der Waals surface area contributed by atoms with E-state index in [4.69, 9.17) is 23.4 Å². The lowest BCUT2D eigenvalue weighted by Crippen LogP contribution is -2.54. The van der Waals surface area contributed by atoms with E-state index >= 15 is 0 Å². The first-order chi connectivity index (χ1) is 15.3. The first-order valence-corrected chi connectivity index (χ1v) is 14.6. The molecule has 4 rings (SSSR count). The molecule has 6 nitrogen and oxygen atoms in total. The van der Waals surface area contributed by atoms with Crippen LogP contribution in [-0.2, 0) is 28.2 Å². The average molecular weight is 473 g/mol. The monoisotopic (exact) mass is 472 g/mol. The number of carbonyl (C=O) groups is 1. The lowest BCUT2D eigenvalue weighted by molar-refractivity contribution is -0.256. The van der Waals surface area contributed by atoms with E-state index in [1.807, 2.05) is 50.3 Å². The van der Waals surface area contributed by atoms with Gasteiger partial charge in [-0.05, 0) is 49.7 Å². The first-order valence-electron chi connectivity index (χ1n) is 11.7. The highest BCUT2D eigenvalue weighted by atomic mass is 28.4. The highest BCUT2D eigenvalue weighted by molar-refractivity contribution is 6.74. The Labute approximate surface area is 198 Å². The Bertz CT molecular complexity index is 932. The van der Waals surface area contributed by atoms with Gasteiger partial charge in [-0.1, -0.05) is 57.2 Å². The zero-order chi connectivity index (χ0) is 24.1. The second-order valence-corrected chi connectivity index (χ2v) is 15.8. The fourth-order valence-electron chi connectivity index (χ4n) is 4.29. The molecule has 0 saturated carbocycles. The van der Waals surface area contributed by atoms with Crippen LogP contribution < -0.4 is 0 Å². The topological polar surface area (TPSA) is 63.2 Å². The molecule has 3 aliphatic heterocycles. The summed E-state index contributed by atoms with van der Waals surface area (Å²) in [6, 6.07) is 9.61. The van der Waals surface area contributed by atoms with Crippen LogP contribution in [0, 0.1) is 0 Å². The Kier molecular flexibility index (Phi) is 6.25. The molecule has 0 spiro atoms. The number of fused-ring (bicyclic) bond motifs is 4. The smallest absolute Gasteiger partial charge is 0.333 e. The number of hydrogen-bond acceptors (Lipinski definition) is 6. The highest BCUT2D eigenvalue weighted by Gasteiger charge is 2.62. The number of hydrogen-bond donors (Lipinski definition) is 0. The van der Waals surface area contributed by atoms with Gasteiger partial charge in [0.15, 0.2) is 20.2 Å². The molecule has 0 N–H and O–H groups in total. The van der Waals surface area contributed by atoms with E-state index in [2.05, 4.69) is 33.9 Å². The number of ether oxygens (including phenoxy) is 4. The minimum atomic E-state index is -2.09. The van der Waals surface area contributed by atoms with Gasteiger partial charge in [-0.25, -0.2) is 4.79 Å². The van der Waals surface area contributed by atoms with Gasteiger partial charge in [-0.3, -0.25) is 0 Å². The molecule has 33 heavy (non-hydrogen) atoms. The summed E-state index contributed by atoms with van der Waals surface area (Å²) >= 11 is 0. The Balaban J connectivity index is 1.59. The molecule has 2 saturated heterocycles. The number of esters is 1. The summed E-state index contributed by atoms with van der Waals surface area (Å²) in [5.74, 6) is -2.71. The minimum absolute atomic E-state index is 0.0475. The molecule has 5 atom stereocenters. The summed E-state index contributed by atoms with van der Waals surface area (Å²) in [5, 5.41) is 0.0475. The second-order valence-electron chi connectivity index (χ2n) is 11.1. The molecule has 3 heterocycles. The lowest BCUT2D eigenvalue weighted by atomic mass is 9.96. The maximum Gasteiger partial charge on any atom is 0.333 e. The normalized spacial score (nSPS) is 33.2. The van der Waals surface area contributed by atoms with Crippen molar-refractivity contribution in [1.29, 1.82) is 0 Å². The molecule has 7 heteroatoms. The van der Waals surface area contributed by atoms with Crippen LogP contribution in [0.4, 0.5) is 0 Å². The summed E-state index contributed by atoms with van der Waals surface area (Å²) in [4.78, 5) is 12.8. The Hall–Kier alpha value is -1.77. The average Bonchev–Trinajstić information content (AvgIpc) is 3.23. The number of rotatable bonds is 5. The van der Waals surface area contributed by atoms with Crippen LogP contribution in [0.25, 0.3) is 6.08 Å². The maximum absolute atomic E-state index is 12.8. The Morgan fingerprint density at radius 3 is 2.48 bits per heavy atom. The summed E-state index contributed by atoms with van der Waals surface area (Å²) < 4.78 is 31.7. The zero-order valence-corrected chi connectivity index (χ0v) is 21.7. The molecule has 3 aliphatic rings. The first kappa shape index (κ1) is 24.4. The molecule has 2 bridgehead atoms. The van der Waals surface area contributed by atoms with Gasteiger partial charge in [0.05, 0.1) is 12.2 Å². The van der Waals surface area contributed by atoms with Crippen molar-refractivity contribution in [2.24, 2.45) is 0 Å². The molecule has 180 valence electrons. The molecule has 0 radical (unpaired) electrons. The van der Waals surface area contributed by atoms with Crippen molar-refractivity contribution in [2.45, 2.75) is 95.2 Å². The second kappa shape index (κ2) is 8.47. The standard InChI is InChI=1S/C26H36O6Si/c1-24(2,3)33(6,7)32-20-17-19-15-16-26(28-19,23-22(20)30-25(4,5)31-23)29-21(27)14-13-18-11-9-8-10-12-18/h8-16,19-20,22-23H,17H2,1-7H3/b14-13+/t19-,20-,22-,23-,26-/m0/s1. The summed E-state index contributed by atoms with van der Waals surface area (Å²) in [6.07, 6.45) is 5.97. The van der Waals surface area contributed by atoms with E-state index in [1.165, 1.54) is 6.08 Å². The van der Waals surface area contributed by atoms with E-state index in [0.717, 1.165) is 5.56 Å². The largest absolute Gasteiger partial charge is 0.423 e. The van der Waals surface area contributed by atoms with Gasteiger partial charge in [-0.2, -0.15) is 0 Å². The van der Waals surface area contributed by atoms with Crippen LogP contribution in [0.2, 0.25) is 18.1 Å². The summed E-state index contributed by atoms with van der Waals surface area (Å²) in [5.41, 5.74) is 0.913. The third-order valence-corrected chi connectivity index (χ3v) is 11.5. The summed E-state index contributed by atoms with van der Waals surface area (Å²) in [6.45, 7) is 14.8. The van der Waals surface area contributed by atoms with Gasteiger partial charge < -0.3 is 23.4 Å². The fourth-order valence-corrected chi connectivity index (χ4v) is 5.63. The quantitative estimate of drug-likeness (QED) is 0.254. The predicted molar refractivity (Wildman–Crippen MR) is 129 cm³/mol. The van der Waals surface area contributed by atoms with Crippen molar-refractivity contribution in [2.75, 3.05) is 0 Å². The molecule has 0 unspecified atom stereocenters. The van der Waals surface area contributed by atoms with Gasteiger partial charge in [-0.15, -0.1) is 0 Å². The molecular weight excluding hydrogens is 436 g/mol. The molecule has 1 aromatic rings. The van der Waals surface area contributed by atoms with Gasteiger partial charge >= 0.3 is 5.97 Å². The predicted octanol–water partition coefficient (Wildman–Crippen LogP) is 5.21.